The first kappa shape index (κ1) is 17.9. The summed E-state index contributed by atoms with van der Waals surface area (Å²) in [6.07, 6.45) is 2.50. The molecule has 1 amide bonds. The highest BCUT2D eigenvalue weighted by Gasteiger charge is 2.30. The van der Waals surface area contributed by atoms with E-state index in [2.05, 4.69) is 21.2 Å². The predicted molar refractivity (Wildman–Crippen MR) is 97.2 cm³/mol. The van der Waals surface area contributed by atoms with Gasteiger partial charge in [0.15, 0.2) is 5.11 Å². The molecule has 0 unspecified atom stereocenters. The normalized spacial score (nSPS) is 16.1. The molecule has 23 heavy (non-hydrogen) atoms. The molecule has 0 saturated carbocycles. The Kier molecular flexibility index (Phi) is 6.56. The molecule has 1 N–H and O–H groups in total. The van der Waals surface area contributed by atoms with E-state index in [1.54, 1.807) is 18.1 Å². The summed E-state index contributed by atoms with van der Waals surface area (Å²) in [5, 5.41) is 3.39. The first-order chi connectivity index (χ1) is 11.1. The molecular weight excluding hydrogens is 380 g/mol. The third kappa shape index (κ3) is 4.53. The fourth-order valence-corrected chi connectivity index (χ4v) is 2.88. The van der Waals surface area contributed by atoms with Gasteiger partial charge >= 0.3 is 0 Å². The lowest BCUT2D eigenvalue weighted by atomic mass is 10.1. The standard InChI is InChI=1S/C16H19BrN2O3S/c1-3-22-8-4-7-19-15(20)13(18-16(19)23)10-11-9-12(17)5-6-14(11)21-2/h5-6,9-10H,3-4,7-8H2,1-2H3,(H,18,23)/b13-10+. The average molecular weight is 399 g/mol. The van der Waals surface area contributed by atoms with Crippen molar-refractivity contribution in [1.82, 2.24) is 10.2 Å². The van der Waals surface area contributed by atoms with Crippen LogP contribution in [-0.2, 0) is 9.53 Å². The van der Waals surface area contributed by atoms with Crippen LogP contribution in [0.5, 0.6) is 5.75 Å². The van der Waals surface area contributed by atoms with E-state index in [-0.39, 0.29) is 5.91 Å². The fraction of sp³-hybridized carbons (Fsp3) is 0.375. The number of benzene rings is 1. The Morgan fingerprint density at radius 2 is 2.22 bits per heavy atom. The van der Waals surface area contributed by atoms with Crippen LogP contribution >= 0.6 is 28.1 Å². The maximum absolute atomic E-state index is 12.5. The van der Waals surface area contributed by atoms with E-state index in [9.17, 15) is 4.79 Å². The molecule has 7 heteroatoms. The van der Waals surface area contributed by atoms with E-state index in [0.717, 1.165) is 16.5 Å². The highest BCUT2D eigenvalue weighted by Crippen LogP contribution is 2.26. The van der Waals surface area contributed by atoms with Gasteiger partial charge in [-0.05, 0) is 49.8 Å². The molecule has 1 aliphatic heterocycles. The number of methoxy groups -OCH3 is 1. The number of rotatable bonds is 7. The summed E-state index contributed by atoms with van der Waals surface area (Å²) in [6.45, 7) is 3.77. The van der Waals surface area contributed by atoms with Crippen molar-refractivity contribution in [1.29, 1.82) is 0 Å². The van der Waals surface area contributed by atoms with Crippen LogP contribution in [0.4, 0.5) is 0 Å². The predicted octanol–water partition coefficient (Wildman–Crippen LogP) is 2.94. The lowest BCUT2D eigenvalue weighted by Crippen LogP contribution is -2.32. The molecule has 1 heterocycles. The Labute approximate surface area is 149 Å². The molecule has 5 nitrogen and oxygen atoms in total. The Hall–Kier alpha value is -1.44. The average Bonchev–Trinajstić information content (AvgIpc) is 2.79. The summed E-state index contributed by atoms with van der Waals surface area (Å²) in [4.78, 5) is 14.0. The molecule has 0 bridgehead atoms. The van der Waals surface area contributed by atoms with Crippen LogP contribution in [0.25, 0.3) is 6.08 Å². The third-order valence-electron chi connectivity index (χ3n) is 3.33. The van der Waals surface area contributed by atoms with Crippen LogP contribution < -0.4 is 10.1 Å². The SMILES string of the molecule is CCOCCCN1C(=O)/C(=C\c2cc(Br)ccc2OC)NC1=S. The van der Waals surface area contributed by atoms with Gasteiger partial charge in [0.2, 0.25) is 0 Å². The number of nitrogens with one attached hydrogen (secondary N) is 1. The zero-order valence-corrected chi connectivity index (χ0v) is 15.5. The molecule has 2 rings (SSSR count). The number of halogens is 1. The number of ether oxygens (including phenoxy) is 2. The quantitative estimate of drug-likeness (QED) is 0.434. The molecule has 0 aromatic heterocycles. The first-order valence-corrected chi connectivity index (χ1v) is 8.52. The van der Waals surface area contributed by atoms with E-state index in [1.165, 1.54) is 0 Å². The van der Waals surface area contributed by atoms with Crippen molar-refractivity contribution in [2.75, 3.05) is 26.9 Å². The summed E-state index contributed by atoms with van der Waals surface area (Å²) in [6, 6.07) is 5.62. The van der Waals surface area contributed by atoms with Gasteiger partial charge in [-0.25, -0.2) is 0 Å². The van der Waals surface area contributed by atoms with Gasteiger partial charge in [0.1, 0.15) is 11.4 Å². The van der Waals surface area contributed by atoms with Crippen molar-refractivity contribution >= 4 is 45.2 Å². The molecule has 124 valence electrons. The lowest BCUT2D eigenvalue weighted by Gasteiger charge is -2.13. The minimum atomic E-state index is -0.131. The third-order valence-corrected chi connectivity index (χ3v) is 4.14. The number of hydrogen-bond donors (Lipinski definition) is 1. The van der Waals surface area contributed by atoms with Gasteiger partial charge in [0, 0.05) is 29.8 Å². The van der Waals surface area contributed by atoms with Crippen molar-refractivity contribution in [3.8, 4) is 5.75 Å². The molecule has 1 aliphatic rings. The Balaban J connectivity index is 2.14. The highest BCUT2D eigenvalue weighted by molar-refractivity contribution is 9.10. The second-order valence-electron chi connectivity index (χ2n) is 4.88. The van der Waals surface area contributed by atoms with Crippen LogP contribution in [0, 0.1) is 0 Å². The summed E-state index contributed by atoms with van der Waals surface area (Å²) in [5.41, 5.74) is 1.25. The highest BCUT2D eigenvalue weighted by atomic mass is 79.9. The molecule has 0 radical (unpaired) electrons. The zero-order valence-electron chi connectivity index (χ0n) is 13.1. The van der Waals surface area contributed by atoms with Crippen LogP contribution in [0.1, 0.15) is 18.9 Å². The monoisotopic (exact) mass is 398 g/mol. The van der Waals surface area contributed by atoms with Crippen molar-refractivity contribution in [2.24, 2.45) is 0 Å². The second kappa shape index (κ2) is 8.42. The van der Waals surface area contributed by atoms with Crippen LogP contribution in [0.2, 0.25) is 0 Å². The maximum atomic E-state index is 12.5. The first-order valence-electron chi connectivity index (χ1n) is 7.32. The molecule has 1 aromatic rings. The van der Waals surface area contributed by atoms with E-state index in [0.29, 0.717) is 36.3 Å². The van der Waals surface area contributed by atoms with Crippen molar-refractivity contribution < 1.29 is 14.3 Å². The van der Waals surface area contributed by atoms with Crippen molar-refractivity contribution in [3.05, 3.63) is 33.9 Å². The molecular formula is C16H19BrN2O3S. The van der Waals surface area contributed by atoms with Gasteiger partial charge in [-0.15, -0.1) is 0 Å². The van der Waals surface area contributed by atoms with Crippen LogP contribution in [0.15, 0.2) is 28.4 Å². The van der Waals surface area contributed by atoms with Gasteiger partial charge in [-0.1, -0.05) is 15.9 Å². The number of hydrogen-bond acceptors (Lipinski definition) is 4. The minimum absolute atomic E-state index is 0.131. The number of carbonyl (C=O) groups excluding carboxylic acids is 1. The number of amides is 1. The van der Waals surface area contributed by atoms with Crippen LogP contribution in [-0.4, -0.2) is 42.8 Å². The van der Waals surface area contributed by atoms with E-state index in [4.69, 9.17) is 21.7 Å². The summed E-state index contributed by atoms with van der Waals surface area (Å²) in [5.74, 6) is 0.560. The number of carbonyl (C=O) groups is 1. The van der Waals surface area contributed by atoms with Gasteiger partial charge in [0.05, 0.1) is 7.11 Å². The van der Waals surface area contributed by atoms with E-state index < -0.39 is 0 Å². The number of thiocarbonyl (C=S) groups is 1. The topological polar surface area (TPSA) is 50.8 Å². The van der Waals surface area contributed by atoms with E-state index >= 15 is 0 Å². The largest absolute Gasteiger partial charge is 0.496 e. The Bertz CT molecular complexity index is 634. The van der Waals surface area contributed by atoms with E-state index in [1.807, 2.05) is 25.1 Å². The lowest BCUT2D eigenvalue weighted by molar-refractivity contribution is -0.122. The van der Waals surface area contributed by atoms with Crippen LogP contribution in [0.3, 0.4) is 0 Å². The smallest absolute Gasteiger partial charge is 0.276 e. The Morgan fingerprint density at radius 1 is 1.43 bits per heavy atom. The molecule has 1 fully saturated rings. The van der Waals surface area contributed by atoms with Gasteiger partial charge in [-0.2, -0.15) is 0 Å². The molecule has 0 atom stereocenters. The Morgan fingerprint density at radius 3 is 2.91 bits per heavy atom. The zero-order chi connectivity index (χ0) is 16.8. The minimum Gasteiger partial charge on any atom is -0.496 e. The van der Waals surface area contributed by atoms with Gasteiger partial charge in [0.25, 0.3) is 5.91 Å². The fourth-order valence-electron chi connectivity index (χ4n) is 2.22. The number of nitrogens with zero attached hydrogens (tertiary/aromatic N) is 1. The van der Waals surface area contributed by atoms with Gasteiger partial charge in [-0.3, -0.25) is 9.69 Å². The van der Waals surface area contributed by atoms with Gasteiger partial charge < -0.3 is 14.8 Å². The molecule has 0 aliphatic carbocycles. The van der Waals surface area contributed by atoms with Crippen molar-refractivity contribution in [2.45, 2.75) is 13.3 Å². The molecule has 1 saturated heterocycles. The summed E-state index contributed by atoms with van der Waals surface area (Å²) in [7, 11) is 1.60. The van der Waals surface area contributed by atoms with Crippen molar-refractivity contribution in [3.63, 3.8) is 0 Å². The summed E-state index contributed by atoms with van der Waals surface area (Å²) >= 11 is 8.67. The molecule has 0 spiro atoms. The second-order valence-corrected chi connectivity index (χ2v) is 6.18. The molecule has 1 aromatic carbocycles. The summed E-state index contributed by atoms with van der Waals surface area (Å²) < 4.78 is 11.5. The maximum Gasteiger partial charge on any atom is 0.276 e.